The molecule has 1 saturated carbocycles. The lowest BCUT2D eigenvalue weighted by Gasteiger charge is -2.37. The van der Waals surface area contributed by atoms with Crippen LogP contribution in [0.5, 0.6) is 0 Å². The summed E-state index contributed by atoms with van der Waals surface area (Å²) in [5, 5.41) is 6.53. The summed E-state index contributed by atoms with van der Waals surface area (Å²) in [6.45, 7) is 19.5. The zero-order chi connectivity index (χ0) is 26.8. The van der Waals surface area contributed by atoms with Crippen LogP contribution in [0.1, 0.15) is 73.6 Å². The first-order chi connectivity index (χ1) is 16.3. The standard InChI is InChI=1S/C27H48N6O2/c1-11-14-24(28)32(9)20(5)33(10)25(29-19(4)21(12-2)13-3)30-22-15-17-23(18-16-22)31-26(34)35-27(6,7)8/h11-12,14,20,22-23H,1-2,13,15-18,28H2,3-10H3,(H,29,30)(H,31,34)/b21-19-,24-14-. The van der Waals surface area contributed by atoms with E-state index < -0.39 is 5.60 Å². The second kappa shape index (κ2) is 13.9. The molecule has 0 spiro atoms. The van der Waals surface area contributed by atoms with Gasteiger partial charge in [-0.05, 0) is 78.4 Å². The van der Waals surface area contributed by atoms with E-state index in [1.54, 1.807) is 12.2 Å². The summed E-state index contributed by atoms with van der Waals surface area (Å²) in [5.74, 6) is 1.41. The van der Waals surface area contributed by atoms with E-state index in [1.165, 1.54) is 0 Å². The number of nitrogens with zero attached hydrogens (tertiary/aromatic N) is 3. The number of ether oxygens (including phenoxy) is 1. The Balaban J connectivity index is 3.03. The van der Waals surface area contributed by atoms with E-state index >= 15 is 0 Å². The summed E-state index contributed by atoms with van der Waals surface area (Å²) in [7, 11) is 3.96. The van der Waals surface area contributed by atoms with Crippen molar-refractivity contribution >= 4 is 12.1 Å². The Morgan fingerprint density at radius 3 is 2.29 bits per heavy atom. The molecule has 35 heavy (non-hydrogen) atoms. The number of allylic oxidation sites excluding steroid dienone is 5. The minimum atomic E-state index is -0.501. The fraction of sp³-hybridized carbons (Fsp3) is 0.630. The lowest BCUT2D eigenvalue weighted by Crippen LogP contribution is -2.51. The molecule has 1 aliphatic rings. The number of amides is 1. The zero-order valence-corrected chi connectivity index (χ0v) is 23.1. The van der Waals surface area contributed by atoms with Gasteiger partial charge in [-0.1, -0.05) is 32.2 Å². The maximum atomic E-state index is 12.1. The summed E-state index contributed by atoms with van der Waals surface area (Å²) in [4.78, 5) is 21.3. The Labute approximate surface area is 213 Å². The summed E-state index contributed by atoms with van der Waals surface area (Å²) in [6.07, 6.45) is 9.30. The number of rotatable bonds is 9. The van der Waals surface area contributed by atoms with Crippen LogP contribution in [0.4, 0.5) is 4.79 Å². The predicted molar refractivity (Wildman–Crippen MR) is 147 cm³/mol. The number of alkyl carbamates (subject to hydrolysis) is 1. The summed E-state index contributed by atoms with van der Waals surface area (Å²) in [6, 6.07) is 0.255. The van der Waals surface area contributed by atoms with E-state index in [2.05, 4.69) is 42.5 Å². The van der Waals surface area contributed by atoms with E-state index in [0.717, 1.165) is 49.3 Å². The van der Waals surface area contributed by atoms with E-state index in [1.807, 2.05) is 52.8 Å². The fourth-order valence-corrected chi connectivity index (χ4v) is 3.91. The maximum Gasteiger partial charge on any atom is 0.407 e. The number of nitrogens with two attached hydrogens (primary N) is 1. The van der Waals surface area contributed by atoms with Crippen molar-refractivity contribution in [3.8, 4) is 0 Å². The minimum Gasteiger partial charge on any atom is -0.444 e. The molecule has 1 atom stereocenters. The Bertz CT molecular complexity index is 816. The molecule has 0 aromatic heterocycles. The van der Waals surface area contributed by atoms with Crippen LogP contribution in [0.25, 0.3) is 0 Å². The van der Waals surface area contributed by atoms with Crippen molar-refractivity contribution in [1.82, 2.24) is 20.4 Å². The molecule has 1 unspecified atom stereocenters. The number of carbonyl (C=O) groups excluding carboxylic acids is 1. The molecule has 0 aromatic rings. The fourth-order valence-electron chi connectivity index (χ4n) is 3.91. The number of hydrogen-bond acceptors (Lipinski definition) is 5. The molecule has 1 amide bonds. The lowest BCUT2D eigenvalue weighted by molar-refractivity contribution is 0.0491. The molecule has 1 aliphatic carbocycles. The highest BCUT2D eigenvalue weighted by atomic mass is 16.6. The number of carbonyl (C=O) groups is 1. The van der Waals surface area contributed by atoms with Crippen molar-refractivity contribution in [3.05, 3.63) is 48.5 Å². The van der Waals surface area contributed by atoms with Crippen molar-refractivity contribution in [2.75, 3.05) is 14.1 Å². The second-order valence-electron chi connectivity index (χ2n) is 10.1. The van der Waals surface area contributed by atoms with Gasteiger partial charge in [0, 0.05) is 25.8 Å². The summed E-state index contributed by atoms with van der Waals surface area (Å²) >= 11 is 0. The zero-order valence-electron chi connectivity index (χ0n) is 23.1. The van der Waals surface area contributed by atoms with Gasteiger partial charge in [-0.3, -0.25) is 0 Å². The first kappa shape index (κ1) is 30.1. The normalized spacial score (nSPS) is 20.8. The van der Waals surface area contributed by atoms with E-state index in [9.17, 15) is 4.79 Å². The lowest BCUT2D eigenvalue weighted by atomic mass is 9.91. The van der Waals surface area contributed by atoms with Crippen molar-refractivity contribution in [2.24, 2.45) is 10.7 Å². The molecule has 8 nitrogen and oxygen atoms in total. The summed E-state index contributed by atoms with van der Waals surface area (Å²) < 4.78 is 5.40. The van der Waals surface area contributed by atoms with Gasteiger partial charge >= 0.3 is 6.09 Å². The smallest absolute Gasteiger partial charge is 0.407 e. The van der Waals surface area contributed by atoms with E-state index in [-0.39, 0.29) is 24.3 Å². The van der Waals surface area contributed by atoms with Gasteiger partial charge in [-0.2, -0.15) is 0 Å². The number of nitrogens with one attached hydrogen (secondary N) is 2. The van der Waals surface area contributed by atoms with Crippen LogP contribution in [0.2, 0.25) is 0 Å². The first-order valence-electron chi connectivity index (χ1n) is 12.5. The van der Waals surface area contributed by atoms with Gasteiger partial charge in [0.2, 0.25) is 0 Å². The Morgan fingerprint density at radius 2 is 1.80 bits per heavy atom. The van der Waals surface area contributed by atoms with Gasteiger partial charge < -0.3 is 30.9 Å². The molecule has 4 N–H and O–H groups in total. The van der Waals surface area contributed by atoms with Crippen molar-refractivity contribution in [3.63, 3.8) is 0 Å². The van der Waals surface area contributed by atoms with E-state index in [4.69, 9.17) is 15.5 Å². The highest BCUT2D eigenvalue weighted by Crippen LogP contribution is 2.23. The van der Waals surface area contributed by atoms with Gasteiger partial charge in [0.05, 0.1) is 11.9 Å². The average molecular weight is 489 g/mol. The van der Waals surface area contributed by atoms with Gasteiger partial charge in [0.25, 0.3) is 0 Å². The largest absolute Gasteiger partial charge is 0.444 e. The number of guanidine groups is 1. The van der Waals surface area contributed by atoms with Crippen LogP contribution in [0.15, 0.2) is 53.5 Å². The molecule has 198 valence electrons. The van der Waals surface area contributed by atoms with Gasteiger partial charge in [-0.15, -0.1) is 0 Å². The molecule has 0 radical (unpaired) electrons. The third-order valence-corrected chi connectivity index (χ3v) is 6.28. The van der Waals surface area contributed by atoms with Crippen molar-refractivity contribution < 1.29 is 9.53 Å². The van der Waals surface area contributed by atoms with Gasteiger partial charge in [-0.25, -0.2) is 9.79 Å². The van der Waals surface area contributed by atoms with Gasteiger partial charge in [0.1, 0.15) is 11.8 Å². The van der Waals surface area contributed by atoms with Crippen LogP contribution >= 0.6 is 0 Å². The maximum absolute atomic E-state index is 12.1. The SMILES string of the molecule is C=C/C=C(/N)N(C)C(C)N(C)C(=NC1CCC(NC(=O)OC(C)(C)C)CC1)N/C(C)=C(/C=C)CC. The topological polar surface area (TPSA) is 95.2 Å². The quantitative estimate of drug-likeness (QED) is 0.186. The Hall–Kier alpha value is -2.90. The highest BCUT2D eigenvalue weighted by Gasteiger charge is 2.26. The second-order valence-corrected chi connectivity index (χ2v) is 10.1. The van der Waals surface area contributed by atoms with Crippen LogP contribution < -0.4 is 16.4 Å². The minimum absolute atomic E-state index is 0.0516. The van der Waals surface area contributed by atoms with Crippen molar-refractivity contribution in [1.29, 1.82) is 0 Å². The number of aliphatic imine (C=N–C) groups is 1. The molecule has 8 heteroatoms. The molecule has 0 aliphatic heterocycles. The molecule has 1 fully saturated rings. The first-order valence-corrected chi connectivity index (χ1v) is 12.5. The third-order valence-electron chi connectivity index (χ3n) is 6.28. The van der Waals surface area contributed by atoms with Crippen molar-refractivity contribution in [2.45, 2.75) is 97.5 Å². The Morgan fingerprint density at radius 1 is 1.20 bits per heavy atom. The van der Waals surface area contributed by atoms with Crippen LogP contribution in [-0.2, 0) is 4.74 Å². The average Bonchev–Trinajstić information content (AvgIpc) is 2.78. The molecule has 0 heterocycles. The molecule has 0 bridgehead atoms. The van der Waals surface area contributed by atoms with Gasteiger partial charge in [0.15, 0.2) is 5.96 Å². The molecular formula is C27H48N6O2. The summed E-state index contributed by atoms with van der Waals surface area (Å²) in [5.41, 5.74) is 7.87. The monoisotopic (exact) mass is 488 g/mol. The van der Waals surface area contributed by atoms with Crippen LogP contribution in [0.3, 0.4) is 0 Å². The third kappa shape index (κ3) is 10.1. The Kier molecular flexibility index (Phi) is 11.9. The number of hydrogen-bond donors (Lipinski definition) is 3. The molecule has 0 saturated heterocycles. The molecular weight excluding hydrogens is 440 g/mol. The van der Waals surface area contributed by atoms with Crippen LogP contribution in [-0.4, -0.2) is 59.8 Å². The molecule has 1 rings (SSSR count). The van der Waals surface area contributed by atoms with E-state index in [0.29, 0.717) is 5.82 Å². The van der Waals surface area contributed by atoms with Crippen LogP contribution in [0, 0.1) is 0 Å². The molecule has 0 aromatic carbocycles. The highest BCUT2D eigenvalue weighted by molar-refractivity contribution is 5.82. The predicted octanol–water partition coefficient (Wildman–Crippen LogP) is 4.83.